The van der Waals surface area contributed by atoms with Gasteiger partial charge in [-0.15, -0.1) is 0 Å². The molecule has 7 nitrogen and oxygen atoms in total. The summed E-state index contributed by atoms with van der Waals surface area (Å²) >= 11 is 3.36. The molecule has 1 aliphatic carbocycles. The van der Waals surface area contributed by atoms with E-state index in [1.165, 1.54) is 0 Å². The number of nitrogens with zero attached hydrogens (tertiary/aromatic N) is 1. The maximum absolute atomic E-state index is 12.5. The van der Waals surface area contributed by atoms with Gasteiger partial charge in [0.1, 0.15) is 6.04 Å². The number of carbonyl (C=O) groups excluding carboxylic acids is 2. The Kier molecular flexibility index (Phi) is 3.84. The Hall–Kier alpha value is -1.61. The lowest BCUT2D eigenvalue weighted by molar-refractivity contribution is -0.118. The fourth-order valence-electron chi connectivity index (χ4n) is 3.95. The number of hydrogen-bond donors (Lipinski definition) is 2. The van der Waals surface area contributed by atoms with Crippen molar-refractivity contribution in [3.8, 4) is 0 Å². The molecular weight excluding hydrogens is 410 g/mol. The maximum atomic E-state index is 12.5. The summed E-state index contributed by atoms with van der Waals surface area (Å²) in [6.45, 7) is 0.535. The van der Waals surface area contributed by atoms with Crippen LogP contribution in [0.1, 0.15) is 19.3 Å². The van der Waals surface area contributed by atoms with Gasteiger partial charge in [-0.1, -0.05) is 15.9 Å². The fourth-order valence-corrected chi connectivity index (χ4v) is 6.68. The van der Waals surface area contributed by atoms with Gasteiger partial charge < -0.3 is 15.5 Å². The van der Waals surface area contributed by atoms with E-state index in [4.69, 9.17) is 0 Å². The van der Waals surface area contributed by atoms with Crippen molar-refractivity contribution >= 4 is 43.4 Å². The molecule has 3 amide bonds. The number of fused-ring (bicyclic) bond motifs is 1. The largest absolute Gasteiger partial charge is 0.332 e. The van der Waals surface area contributed by atoms with E-state index in [0.29, 0.717) is 25.8 Å². The van der Waals surface area contributed by atoms with Crippen LogP contribution in [0.15, 0.2) is 28.7 Å². The quantitative estimate of drug-likeness (QED) is 0.756. The number of sulfone groups is 1. The maximum Gasteiger partial charge on any atom is 0.315 e. The summed E-state index contributed by atoms with van der Waals surface area (Å²) < 4.78 is 24.5. The molecule has 1 saturated carbocycles. The molecule has 0 aromatic heterocycles. The van der Waals surface area contributed by atoms with Crippen LogP contribution in [0, 0.1) is 0 Å². The molecule has 4 aliphatic rings. The van der Waals surface area contributed by atoms with E-state index >= 15 is 0 Å². The molecule has 1 aromatic rings. The Balaban J connectivity index is 1.37. The average Bonchev–Trinajstić information content (AvgIpc) is 3.06. The van der Waals surface area contributed by atoms with Crippen LogP contribution in [-0.2, 0) is 14.6 Å². The van der Waals surface area contributed by atoms with Crippen LogP contribution in [0.3, 0.4) is 0 Å². The zero-order valence-corrected chi connectivity index (χ0v) is 15.8. The predicted octanol–water partition coefficient (Wildman–Crippen LogP) is 1.18. The number of anilines is 1. The second kappa shape index (κ2) is 5.70. The van der Waals surface area contributed by atoms with Crippen molar-refractivity contribution in [1.29, 1.82) is 0 Å². The molecular formula is C16H18BrN3O4S. The van der Waals surface area contributed by atoms with Gasteiger partial charge in [-0.05, 0) is 43.5 Å². The number of halogens is 1. The molecule has 9 heteroatoms. The number of carbonyl (C=O) groups is 2. The van der Waals surface area contributed by atoms with Gasteiger partial charge in [-0.2, -0.15) is 0 Å². The van der Waals surface area contributed by atoms with Gasteiger partial charge in [0.05, 0.1) is 16.5 Å². The second-order valence-corrected chi connectivity index (χ2v) is 10.2. The average molecular weight is 428 g/mol. The van der Waals surface area contributed by atoms with Crippen LogP contribution in [0.5, 0.6) is 0 Å². The highest BCUT2D eigenvalue weighted by Crippen LogP contribution is 2.46. The first-order chi connectivity index (χ1) is 11.8. The zero-order chi connectivity index (χ0) is 17.8. The third-order valence-electron chi connectivity index (χ3n) is 5.25. The standard InChI is InChI=1S/C16H18BrN3O4S/c17-10-1-3-11(4-2-10)20-6-5-13(14(20)21)18-15(22)19-16-7-12(8-16)25(23,24)9-16/h1-4,12-13H,5-9H2,(H2,18,19,22). The number of nitrogens with one attached hydrogen (secondary N) is 2. The van der Waals surface area contributed by atoms with Crippen LogP contribution in [0.2, 0.25) is 0 Å². The van der Waals surface area contributed by atoms with Crippen molar-refractivity contribution in [2.45, 2.75) is 36.1 Å². The van der Waals surface area contributed by atoms with Gasteiger partial charge in [0.15, 0.2) is 9.84 Å². The molecule has 5 rings (SSSR count). The van der Waals surface area contributed by atoms with E-state index in [2.05, 4.69) is 26.6 Å². The lowest BCUT2D eigenvalue weighted by Gasteiger charge is -2.36. The van der Waals surface area contributed by atoms with Crippen LogP contribution in [0.4, 0.5) is 10.5 Å². The van der Waals surface area contributed by atoms with Crippen molar-refractivity contribution in [2.24, 2.45) is 0 Å². The third kappa shape index (κ3) is 2.93. The number of hydrogen-bond acceptors (Lipinski definition) is 4. The summed E-state index contributed by atoms with van der Waals surface area (Å²) in [7, 11) is -3.06. The highest BCUT2D eigenvalue weighted by molar-refractivity contribution is 9.10. The van der Waals surface area contributed by atoms with Gasteiger partial charge >= 0.3 is 6.03 Å². The summed E-state index contributed by atoms with van der Waals surface area (Å²) in [6.07, 6.45) is 1.48. The van der Waals surface area contributed by atoms with E-state index in [1.54, 1.807) is 4.90 Å². The van der Waals surface area contributed by atoms with Crippen LogP contribution >= 0.6 is 15.9 Å². The molecule has 0 spiro atoms. The number of urea groups is 1. The molecule has 25 heavy (non-hydrogen) atoms. The lowest BCUT2D eigenvalue weighted by atomic mass is 9.79. The Morgan fingerprint density at radius 2 is 1.92 bits per heavy atom. The van der Waals surface area contributed by atoms with Crippen LogP contribution in [0.25, 0.3) is 0 Å². The molecule has 3 heterocycles. The molecule has 4 fully saturated rings. The summed E-state index contributed by atoms with van der Waals surface area (Å²) in [5, 5.41) is 5.17. The van der Waals surface area contributed by atoms with E-state index in [1.807, 2.05) is 24.3 Å². The van der Waals surface area contributed by atoms with Crippen molar-refractivity contribution in [1.82, 2.24) is 10.6 Å². The molecule has 3 aliphatic heterocycles. The Morgan fingerprint density at radius 1 is 1.24 bits per heavy atom. The highest BCUT2D eigenvalue weighted by Gasteiger charge is 2.60. The van der Waals surface area contributed by atoms with Crippen LogP contribution in [-0.4, -0.2) is 49.5 Å². The Labute approximate surface area is 154 Å². The monoisotopic (exact) mass is 427 g/mol. The zero-order valence-electron chi connectivity index (χ0n) is 13.4. The van der Waals surface area contributed by atoms with Crippen molar-refractivity contribution < 1.29 is 18.0 Å². The second-order valence-electron chi connectivity index (χ2n) is 7.02. The topological polar surface area (TPSA) is 95.6 Å². The first-order valence-electron chi connectivity index (χ1n) is 8.15. The molecule has 2 bridgehead atoms. The first-order valence-corrected chi connectivity index (χ1v) is 10.7. The highest BCUT2D eigenvalue weighted by atomic mass is 79.9. The molecule has 134 valence electrons. The van der Waals surface area contributed by atoms with Crippen LogP contribution < -0.4 is 15.5 Å². The van der Waals surface area contributed by atoms with E-state index in [-0.39, 0.29) is 16.9 Å². The summed E-state index contributed by atoms with van der Waals surface area (Å²) in [6, 6.07) is 6.37. The smallest absolute Gasteiger partial charge is 0.315 e. The lowest BCUT2D eigenvalue weighted by Crippen LogP contribution is -2.59. The molecule has 0 radical (unpaired) electrons. The van der Waals surface area contributed by atoms with E-state index in [0.717, 1.165) is 10.2 Å². The Morgan fingerprint density at radius 3 is 2.52 bits per heavy atom. The summed E-state index contributed by atoms with van der Waals surface area (Å²) in [5.41, 5.74) is 0.154. The number of benzene rings is 1. The van der Waals surface area contributed by atoms with Crippen molar-refractivity contribution in [3.63, 3.8) is 0 Å². The minimum absolute atomic E-state index is 0.00170. The number of rotatable bonds is 3. The van der Waals surface area contributed by atoms with Crippen molar-refractivity contribution in [2.75, 3.05) is 17.2 Å². The minimum Gasteiger partial charge on any atom is -0.332 e. The first kappa shape index (κ1) is 16.8. The number of amides is 3. The van der Waals surface area contributed by atoms with Gasteiger partial charge in [0.2, 0.25) is 5.91 Å². The summed E-state index contributed by atoms with van der Waals surface area (Å²) in [4.78, 5) is 26.4. The minimum atomic E-state index is -3.06. The van der Waals surface area contributed by atoms with E-state index in [9.17, 15) is 18.0 Å². The predicted molar refractivity (Wildman–Crippen MR) is 96.1 cm³/mol. The van der Waals surface area contributed by atoms with Gasteiger partial charge in [0, 0.05) is 16.7 Å². The summed E-state index contributed by atoms with van der Waals surface area (Å²) in [5.74, 6) is -0.151. The van der Waals surface area contributed by atoms with Gasteiger partial charge in [0.25, 0.3) is 0 Å². The fraction of sp³-hybridized carbons (Fsp3) is 0.500. The molecule has 2 N–H and O–H groups in total. The van der Waals surface area contributed by atoms with Gasteiger partial charge in [-0.3, -0.25) is 4.79 Å². The molecule has 1 aromatic carbocycles. The SMILES string of the molecule is O=C(NC1CCN(c2ccc(Br)cc2)C1=O)NC12CC(C1)S(=O)(=O)C2. The normalized spacial score (nSPS) is 32.4. The third-order valence-corrected chi connectivity index (χ3v) is 8.08. The van der Waals surface area contributed by atoms with Gasteiger partial charge in [-0.25, -0.2) is 13.2 Å². The van der Waals surface area contributed by atoms with Crippen molar-refractivity contribution in [3.05, 3.63) is 28.7 Å². The van der Waals surface area contributed by atoms with E-state index < -0.39 is 27.4 Å². The molecule has 3 saturated heterocycles. The Bertz CT molecular complexity index is 833. The molecule has 1 unspecified atom stereocenters. The molecule has 1 atom stereocenters.